The third-order valence-electron chi connectivity index (χ3n) is 4.31. The van der Waals surface area contributed by atoms with Crippen molar-refractivity contribution in [2.24, 2.45) is 5.11 Å². The van der Waals surface area contributed by atoms with Crippen LogP contribution in [0, 0.1) is 0 Å². The molecule has 9 nitrogen and oxygen atoms in total. The van der Waals surface area contributed by atoms with E-state index in [1.54, 1.807) is 51.5 Å². The third kappa shape index (κ3) is 7.78. The number of hydroxylamine groups is 1. The second-order valence-electron chi connectivity index (χ2n) is 6.59. The van der Waals surface area contributed by atoms with Gasteiger partial charge in [0.05, 0.1) is 12.1 Å². The molecule has 2 N–H and O–H groups in total. The van der Waals surface area contributed by atoms with Crippen molar-refractivity contribution in [2.45, 2.75) is 17.2 Å². The molecule has 0 spiro atoms. The van der Waals surface area contributed by atoms with Crippen molar-refractivity contribution in [1.82, 2.24) is 20.5 Å². The van der Waals surface area contributed by atoms with E-state index < -0.39 is 5.91 Å². The highest BCUT2D eigenvalue weighted by molar-refractivity contribution is 7.98. The molecule has 0 aliphatic carbocycles. The topological polar surface area (TPSA) is 129 Å². The van der Waals surface area contributed by atoms with Gasteiger partial charge >= 0.3 is 0 Å². The summed E-state index contributed by atoms with van der Waals surface area (Å²) in [7, 11) is 0. The average Bonchev–Trinajstić information content (AvgIpc) is 3.56. The van der Waals surface area contributed by atoms with E-state index in [9.17, 15) is 4.79 Å². The molecule has 1 amide bonds. The molecule has 4 rings (SSSR count). The third-order valence-corrected chi connectivity index (χ3v) is 6.04. The molecule has 0 aliphatic heterocycles. The molecule has 0 aliphatic rings. The fraction of sp³-hybridized carbons (Fsp3) is 0.136. The predicted octanol–water partition coefficient (Wildman–Crippen LogP) is 5.41. The van der Waals surface area contributed by atoms with Crippen LogP contribution in [0.15, 0.2) is 87.6 Å². The molecule has 0 unspecified atom stereocenters. The zero-order valence-electron chi connectivity index (χ0n) is 17.5. The smallest absolute Gasteiger partial charge is 0.274 e. The van der Waals surface area contributed by atoms with Crippen LogP contribution in [0.4, 0.5) is 0 Å². The maximum Gasteiger partial charge on any atom is 0.274 e. The number of thiophene rings is 1. The Labute approximate surface area is 198 Å². The van der Waals surface area contributed by atoms with Crippen molar-refractivity contribution in [3.05, 3.63) is 99.2 Å². The first kappa shape index (κ1) is 24.0. The lowest BCUT2D eigenvalue weighted by molar-refractivity contribution is 0.0706. The van der Waals surface area contributed by atoms with Crippen LogP contribution in [0.3, 0.4) is 0 Å². The van der Waals surface area contributed by atoms with Crippen molar-refractivity contribution in [1.29, 1.82) is 0 Å². The highest BCUT2D eigenvalue weighted by Crippen LogP contribution is 2.21. The zero-order valence-corrected chi connectivity index (χ0v) is 19.1. The van der Waals surface area contributed by atoms with E-state index in [1.807, 2.05) is 54.0 Å². The monoisotopic (exact) mass is 479 g/mol. The summed E-state index contributed by atoms with van der Waals surface area (Å²) in [6.07, 6.45) is 2.68. The SMILES string of the molecule is O=C(NO)c1cccc(-c2cn(CSc3ccccc3)nn2)c1.[N-]=[N+]=NCCc1ccsc1. The van der Waals surface area contributed by atoms with Gasteiger partial charge in [-0.25, -0.2) is 10.2 Å². The Kier molecular flexibility index (Phi) is 9.49. The van der Waals surface area contributed by atoms with E-state index in [0.29, 0.717) is 23.7 Å². The lowest BCUT2D eigenvalue weighted by Crippen LogP contribution is -2.18. The highest BCUT2D eigenvalue weighted by Gasteiger charge is 2.08. The average molecular weight is 480 g/mol. The van der Waals surface area contributed by atoms with Gasteiger partial charge < -0.3 is 0 Å². The Morgan fingerprint density at radius 3 is 2.79 bits per heavy atom. The second-order valence-corrected chi connectivity index (χ2v) is 8.39. The van der Waals surface area contributed by atoms with Gasteiger partial charge in [-0.15, -0.1) is 16.9 Å². The molecule has 0 saturated carbocycles. The van der Waals surface area contributed by atoms with E-state index in [2.05, 4.69) is 25.7 Å². The molecule has 33 heavy (non-hydrogen) atoms. The summed E-state index contributed by atoms with van der Waals surface area (Å²) in [5, 5.41) is 24.4. The minimum atomic E-state index is -0.557. The molecular weight excluding hydrogens is 458 g/mol. The number of thioether (sulfide) groups is 1. The van der Waals surface area contributed by atoms with Crippen molar-refractivity contribution >= 4 is 29.0 Å². The molecule has 0 atom stereocenters. The van der Waals surface area contributed by atoms with Gasteiger partial charge in [0.2, 0.25) is 0 Å². The number of azide groups is 1. The first-order chi connectivity index (χ1) is 16.2. The van der Waals surface area contributed by atoms with Crippen LogP contribution in [0.1, 0.15) is 15.9 Å². The number of aromatic nitrogens is 3. The van der Waals surface area contributed by atoms with Crippen molar-refractivity contribution in [2.75, 3.05) is 6.54 Å². The normalized spacial score (nSPS) is 9.97. The minimum Gasteiger partial charge on any atom is -0.288 e. The summed E-state index contributed by atoms with van der Waals surface area (Å²) < 4.78 is 1.74. The van der Waals surface area contributed by atoms with Crippen LogP contribution in [0.25, 0.3) is 21.7 Å². The molecule has 2 heterocycles. The standard InChI is InChI=1S/C16H14N4O2S.C6H7N3S/c21-16(18-22)13-6-4-5-12(9-13)15-10-20(19-17-15)11-23-14-7-2-1-3-8-14;7-9-8-3-1-6-2-4-10-5-6/h1-10,22H,11H2,(H,18,21);2,4-5H,1,3H2. The van der Waals surface area contributed by atoms with Crippen LogP contribution in [0.2, 0.25) is 0 Å². The van der Waals surface area contributed by atoms with Gasteiger partial charge in [-0.3, -0.25) is 10.0 Å². The fourth-order valence-corrected chi connectivity index (χ4v) is 4.15. The van der Waals surface area contributed by atoms with E-state index in [1.165, 1.54) is 5.56 Å². The molecule has 0 saturated heterocycles. The Hall–Kier alpha value is -3.63. The molecule has 11 heteroatoms. The second kappa shape index (κ2) is 13.0. The van der Waals surface area contributed by atoms with E-state index >= 15 is 0 Å². The van der Waals surface area contributed by atoms with Gasteiger partial charge in [-0.1, -0.05) is 40.7 Å². The number of rotatable bonds is 8. The minimum absolute atomic E-state index is 0.359. The maximum atomic E-state index is 11.5. The van der Waals surface area contributed by atoms with Crippen molar-refractivity contribution in [3.63, 3.8) is 0 Å². The van der Waals surface area contributed by atoms with Crippen LogP contribution in [-0.4, -0.2) is 32.7 Å². The zero-order chi connectivity index (χ0) is 23.3. The van der Waals surface area contributed by atoms with Crippen molar-refractivity contribution < 1.29 is 10.0 Å². The number of hydrogen-bond donors (Lipinski definition) is 2. The molecular formula is C22H21N7O2S2. The lowest BCUT2D eigenvalue weighted by atomic mass is 10.1. The number of nitrogens with zero attached hydrogens (tertiary/aromatic N) is 6. The van der Waals surface area contributed by atoms with E-state index in [-0.39, 0.29) is 0 Å². The first-order valence-corrected chi connectivity index (χ1v) is 11.8. The summed E-state index contributed by atoms with van der Waals surface area (Å²) >= 11 is 3.32. The maximum absolute atomic E-state index is 11.5. The van der Waals surface area contributed by atoms with Crippen molar-refractivity contribution in [3.8, 4) is 11.3 Å². The molecule has 0 radical (unpaired) electrons. The lowest BCUT2D eigenvalue weighted by Gasteiger charge is -2.01. The number of hydrogen-bond acceptors (Lipinski definition) is 7. The summed E-state index contributed by atoms with van der Waals surface area (Å²) in [5.74, 6) is 0.0901. The number of amides is 1. The number of benzene rings is 2. The summed E-state index contributed by atoms with van der Waals surface area (Å²) in [4.78, 5) is 15.3. The van der Waals surface area contributed by atoms with Crippen LogP contribution >= 0.6 is 23.1 Å². The highest BCUT2D eigenvalue weighted by atomic mass is 32.2. The molecule has 0 bridgehead atoms. The van der Waals surface area contributed by atoms with Crippen LogP contribution in [0.5, 0.6) is 0 Å². The Morgan fingerprint density at radius 1 is 1.21 bits per heavy atom. The molecule has 0 fully saturated rings. The first-order valence-electron chi connectivity index (χ1n) is 9.84. The number of carbonyl (C=O) groups excluding carboxylic acids is 1. The quantitative estimate of drug-likeness (QED) is 0.0871. The Balaban J connectivity index is 0.000000257. The Bertz CT molecular complexity index is 1190. The number of nitrogens with one attached hydrogen (secondary N) is 1. The molecule has 2 aromatic carbocycles. The summed E-state index contributed by atoms with van der Waals surface area (Å²) in [6, 6.07) is 18.9. The number of carbonyl (C=O) groups is 1. The van der Waals surface area contributed by atoms with Crippen LogP contribution < -0.4 is 5.48 Å². The molecule has 168 valence electrons. The molecule has 2 aromatic heterocycles. The van der Waals surface area contributed by atoms with Gasteiger partial charge in [0.15, 0.2) is 0 Å². The van der Waals surface area contributed by atoms with Gasteiger partial charge in [-0.05, 0) is 58.6 Å². The summed E-state index contributed by atoms with van der Waals surface area (Å²) in [6.45, 7) is 0.563. The fourth-order valence-electron chi connectivity index (χ4n) is 2.69. The van der Waals surface area contributed by atoms with E-state index in [0.717, 1.165) is 16.9 Å². The molecule has 4 aromatic rings. The Morgan fingerprint density at radius 2 is 2.06 bits per heavy atom. The van der Waals surface area contributed by atoms with Gasteiger partial charge in [-0.2, -0.15) is 11.3 Å². The van der Waals surface area contributed by atoms with E-state index in [4.69, 9.17) is 10.7 Å². The van der Waals surface area contributed by atoms with Gasteiger partial charge in [0.1, 0.15) is 5.69 Å². The van der Waals surface area contributed by atoms with Gasteiger partial charge in [0, 0.05) is 27.5 Å². The summed E-state index contributed by atoms with van der Waals surface area (Å²) in [5.41, 5.74) is 12.6. The largest absolute Gasteiger partial charge is 0.288 e. The predicted molar refractivity (Wildman–Crippen MR) is 129 cm³/mol. The van der Waals surface area contributed by atoms with Crippen LogP contribution in [-0.2, 0) is 12.3 Å². The van der Waals surface area contributed by atoms with Gasteiger partial charge in [0.25, 0.3) is 5.91 Å².